The van der Waals surface area contributed by atoms with E-state index in [2.05, 4.69) is 16.0 Å². The molecule has 5 N–H and O–H groups in total. The smallest absolute Gasteiger partial charge is 0.334 e. The van der Waals surface area contributed by atoms with Crippen LogP contribution in [-0.4, -0.2) is 53.4 Å². The summed E-state index contributed by atoms with van der Waals surface area (Å²) in [6.07, 6.45) is -1.43. The van der Waals surface area contributed by atoms with E-state index in [1.54, 1.807) is 0 Å². The second-order valence-electron chi connectivity index (χ2n) is 3.41. The third kappa shape index (κ3) is 3.73. The van der Waals surface area contributed by atoms with Gasteiger partial charge < -0.3 is 26.2 Å². The number of aliphatic hydroxyl groups is 1. The minimum absolute atomic E-state index is 0.143. The molecule has 2 atom stereocenters. The van der Waals surface area contributed by atoms with E-state index in [1.165, 1.54) is 0 Å². The van der Waals surface area contributed by atoms with Crippen LogP contribution in [0.15, 0.2) is 0 Å². The number of aliphatic carboxylic acids is 1. The van der Waals surface area contributed by atoms with Crippen molar-refractivity contribution in [3.63, 3.8) is 0 Å². The van der Waals surface area contributed by atoms with E-state index in [9.17, 15) is 14.4 Å². The first-order valence-corrected chi connectivity index (χ1v) is 4.71. The monoisotopic (exact) mass is 231 g/mol. The van der Waals surface area contributed by atoms with Crippen molar-refractivity contribution in [3.05, 3.63) is 0 Å². The number of hydrogen-bond donors (Lipinski definition) is 5. The van der Waals surface area contributed by atoms with Crippen molar-refractivity contribution >= 4 is 17.9 Å². The maximum atomic E-state index is 11.2. The summed E-state index contributed by atoms with van der Waals surface area (Å²) >= 11 is 0. The molecule has 1 heterocycles. The van der Waals surface area contributed by atoms with Crippen LogP contribution in [0.25, 0.3) is 0 Å². The minimum atomic E-state index is -1.63. The number of urea groups is 1. The molecule has 16 heavy (non-hydrogen) atoms. The van der Waals surface area contributed by atoms with E-state index < -0.39 is 18.1 Å². The fourth-order valence-corrected chi connectivity index (χ4v) is 1.22. The Morgan fingerprint density at radius 2 is 2.25 bits per heavy atom. The van der Waals surface area contributed by atoms with Gasteiger partial charge in [0.2, 0.25) is 5.91 Å². The SMILES string of the molecule is O=C1CC(NC(=O)NCC(O)C(=O)O)CN1. The van der Waals surface area contributed by atoms with E-state index in [0.29, 0.717) is 6.54 Å². The molecule has 8 heteroatoms. The van der Waals surface area contributed by atoms with Gasteiger partial charge in [-0.1, -0.05) is 0 Å². The number of carboxylic acid groups (broad SMARTS) is 1. The first kappa shape index (κ1) is 12.2. The van der Waals surface area contributed by atoms with E-state index in [0.717, 1.165) is 0 Å². The van der Waals surface area contributed by atoms with Crippen molar-refractivity contribution in [2.24, 2.45) is 0 Å². The number of aliphatic hydroxyl groups excluding tert-OH is 1. The molecule has 1 rings (SSSR count). The molecule has 8 nitrogen and oxygen atoms in total. The van der Waals surface area contributed by atoms with Gasteiger partial charge in [0, 0.05) is 13.0 Å². The van der Waals surface area contributed by atoms with Crippen LogP contribution in [0, 0.1) is 0 Å². The van der Waals surface area contributed by atoms with Gasteiger partial charge in [0.05, 0.1) is 12.6 Å². The molecule has 0 spiro atoms. The molecule has 0 aromatic heterocycles. The first-order valence-electron chi connectivity index (χ1n) is 4.71. The summed E-state index contributed by atoms with van der Waals surface area (Å²) in [4.78, 5) is 32.2. The zero-order chi connectivity index (χ0) is 12.1. The standard InChI is InChI=1S/C8H13N3O5/c12-5(7(14)15)3-10-8(16)11-4-1-6(13)9-2-4/h4-5,12H,1-3H2,(H,9,13)(H,14,15)(H2,10,11,16). The highest BCUT2D eigenvalue weighted by molar-refractivity contribution is 5.81. The van der Waals surface area contributed by atoms with Crippen molar-refractivity contribution in [3.8, 4) is 0 Å². The van der Waals surface area contributed by atoms with Gasteiger partial charge in [-0.15, -0.1) is 0 Å². The molecule has 3 amide bonds. The van der Waals surface area contributed by atoms with Gasteiger partial charge in [0.25, 0.3) is 0 Å². The Balaban J connectivity index is 2.21. The Labute approximate surface area is 91.0 Å². The summed E-state index contributed by atoms with van der Waals surface area (Å²) in [5.41, 5.74) is 0. The summed E-state index contributed by atoms with van der Waals surface area (Å²) in [6.45, 7) is -0.0248. The van der Waals surface area contributed by atoms with E-state index in [-0.39, 0.29) is 24.9 Å². The zero-order valence-electron chi connectivity index (χ0n) is 8.40. The topological polar surface area (TPSA) is 128 Å². The molecule has 1 fully saturated rings. The zero-order valence-corrected chi connectivity index (χ0v) is 8.40. The molecule has 90 valence electrons. The van der Waals surface area contributed by atoms with Crippen LogP contribution in [0.1, 0.15) is 6.42 Å². The largest absolute Gasteiger partial charge is 0.479 e. The molecular formula is C8H13N3O5. The summed E-state index contributed by atoms with van der Waals surface area (Å²) in [7, 11) is 0. The molecular weight excluding hydrogens is 218 g/mol. The fourth-order valence-electron chi connectivity index (χ4n) is 1.22. The maximum absolute atomic E-state index is 11.2. The Hall–Kier alpha value is -1.83. The molecule has 1 aliphatic heterocycles. The molecule has 2 unspecified atom stereocenters. The van der Waals surface area contributed by atoms with Gasteiger partial charge in [-0.05, 0) is 0 Å². The maximum Gasteiger partial charge on any atom is 0.334 e. The van der Waals surface area contributed by atoms with Crippen molar-refractivity contribution in [1.29, 1.82) is 0 Å². The van der Waals surface area contributed by atoms with Gasteiger partial charge in [-0.25, -0.2) is 9.59 Å². The predicted octanol–water partition coefficient (Wildman–Crippen LogP) is -2.38. The van der Waals surface area contributed by atoms with Crippen LogP contribution < -0.4 is 16.0 Å². The van der Waals surface area contributed by atoms with Gasteiger partial charge >= 0.3 is 12.0 Å². The lowest BCUT2D eigenvalue weighted by atomic mass is 10.2. The normalized spacial score (nSPS) is 21.1. The highest BCUT2D eigenvalue weighted by atomic mass is 16.4. The van der Waals surface area contributed by atoms with Crippen molar-refractivity contribution in [1.82, 2.24) is 16.0 Å². The average Bonchev–Trinajstić information content (AvgIpc) is 2.60. The molecule has 0 aliphatic carbocycles. The number of rotatable bonds is 4. The molecule has 1 aliphatic rings. The van der Waals surface area contributed by atoms with Gasteiger partial charge in [-0.2, -0.15) is 0 Å². The highest BCUT2D eigenvalue weighted by Gasteiger charge is 2.23. The van der Waals surface area contributed by atoms with Gasteiger partial charge in [0.1, 0.15) is 0 Å². The number of carbonyl (C=O) groups is 3. The molecule has 0 bridgehead atoms. The average molecular weight is 231 g/mol. The summed E-state index contributed by atoms with van der Waals surface area (Å²) < 4.78 is 0. The molecule has 0 saturated carbocycles. The molecule has 0 aromatic rings. The summed E-state index contributed by atoms with van der Waals surface area (Å²) in [6, 6.07) is -0.906. The number of carbonyl (C=O) groups excluding carboxylic acids is 2. The first-order chi connectivity index (χ1) is 7.49. The lowest BCUT2D eigenvalue weighted by Crippen LogP contribution is -2.46. The number of nitrogens with one attached hydrogen (secondary N) is 3. The Morgan fingerprint density at radius 1 is 1.56 bits per heavy atom. The highest BCUT2D eigenvalue weighted by Crippen LogP contribution is 1.98. The molecule has 0 aromatic carbocycles. The van der Waals surface area contributed by atoms with Crippen LogP contribution in [0.5, 0.6) is 0 Å². The number of carboxylic acids is 1. The number of amides is 3. The summed E-state index contributed by atoms with van der Waals surface area (Å²) in [5.74, 6) is -1.55. The Morgan fingerprint density at radius 3 is 2.75 bits per heavy atom. The van der Waals surface area contributed by atoms with Gasteiger partial charge in [-0.3, -0.25) is 4.79 Å². The van der Waals surface area contributed by atoms with Crippen molar-refractivity contribution < 1.29 is 24.6 Å². The second kappa shape index (κ2) is 5.31. The number of hydrogen-bond acceptors (Lipinski definition) is 4. The molecule has 0 radical (unpaired) electrons. The van der Waals surface area contributed by atoms with Crippen LogP contribution in [0.2, 0.25) is 0 Å². The van der Waals surface area contributed by atoms with E-state index in [4.69, 9.17) is 10.2 Å². The predicted molar refractivity (Wildman–Crippen MR) is 51.6 cm³/mol. The Kier molecular flexibility index (Phi) is 4.06. The van der Waals surface area contributed by atoms with Crippen LogP contribution in [0.3, 0.4) is 0 Å². The third-order valence-corrected chi connectivity index (χ3v) is 2.05. The summed E-state index contributed by atoms with van der Waals surface area (Å²) in [5, 5.41) is 24.4. The van der Waals surface area contributed by atoms with E-state index >= 15 is 0 Å². The fraction of sp³-hybridized carbons (Fsp3) is 0.625. The minimum Gasteiger partial charge on any atom is -0.479 e. The lowest BCUT2D eigenvalue weighted by Gasteiger charge is -2.12. The lowest BCUT2D eigenvalue weighted by molar-refractivity contribution is -0.146. The van der Waals surface area contributed by atoms with Crippen molar-refractivity contribution in [2.45, 2.75) is 18.6 Å². The van der Waals surface area contributed by atoms with Crippen LogP contribution in [-0.2, 0) is 9.59 Å². The quantitative estimate of drug-likeness (QED) is 0.369. The van der Waals surface area contributed by atoms with E-state index in [1.807, 2.05) is 0 Å². The second-order valence-corrected chi connectivity index (χ2v) is 3.41. The molecule has 1 saturated heterocycles. The third-order valence-electron chi connectivity index (χ3n) is 2.05. The van der Waals surface area contributed by atoms with Gasteiger partial charge in [0.15, 0.2) is 6.10 Å². The Bertz CT molecular complexity index is 306. The van der Waals surface area contributed by atoms with Crippen molar-refractivity contribution in [2.75, 3.05) is 13.1 Å². The van der Waals surface area contributed by atoms with Crippen LogP contribution in [0.4, 0.5) is 4.79 Å². The van der Waals surface area contributed by atoms with Crippen LogP contribution >= 0.6 is 0 Å².